The van der Waals surface area contributed by atoms with Gasteiger partial charge in [-0.15, -0.1) is 17.5 Å². The monoisotopic (exact) mass is 551 g/mol. The van der Waals surface area contributed by atoms with Crippen molar-refractivity contribution in [2.75, 3.05) is 19.4 Å². The highest BCUT2D eigenvalue weighted by Crippen LogP contribution is 2.30. The van der Waals surface area contributed by atoms with Crippen molar-refractivity contribution in [3.63, 3.8) is 0 Å². The first-order valence-electron chi connectivity index (χ1n) is 10.5. The second-order valence-electron chi connectivity index (χ2n) is 7.26. The first-order chi connectivity index (χ1) is 16.6. The van der Waals surface area contributed by atoms with Gasteiger partial charge in [-0.1, -0.05) is 65.3 Å². The lowest BCUT2D eigenvalue weighted by Gasteiger charge is -2.13. The minimum atomic E-state index is 0. The van der Waals surface area contributed by atoms with E-state index in [-0.39, 0.29) is 12.4 Å². The Labute approximate surface area is 224 Å². The molecule has 11 heteroatoms. The molecular formula is C24H24Cl3N5O2S. The highest BCUT2D eigenvalue weighted by Gasteiger charge is 2.09. The maximum absolute atomic E-state index is 6.08. The molecule has 3 aromatic carbocycles. The van der Waals surface area contributed by atoms with E-state index >= 15 is 0 Å². The molecule has 0 saturated heterocycles. The Hall–Kier alpha value is -2.49. The third-order valence-electron chi connectivity index (χ3n) is 4.89. The Bertz CT molecular complexity index is 1230. The summed E-state index contributed by atoms with van der Waals surface area (Å²) in [6.45, 7) is 1.86. The van der Waals surface area contributed by atoms with Gasteiger partial charge in [0.1, 0.15) is 6.61 Å². The molecule has 35 heavy (non-hydrogen) atoms. The molecule has 0 atom stereocenters. The predicted molar refractivity (Wildman–Crippen MR) is 143 cm³/mol. The Morgan fingerprint density at radius 1 is 0.943 bits per heavy atom. The summed E-state index contributed by atoms with van der Waals surface area (Å²) < 4.78 is 13.2. The zero-order valence-electron chi connectivity index (χ0n) is 18.9. The Balaban J connectivity index is 0.00000342. The lowest BCUT2D eigenvalue weighted by molar-refractivity contribution is 0.284. The van der Waals surface area contributed by atoms with E-state index in [1.807, 2.05) is 54.6 Å². The van der Waals surface area contributed by atoms with Crippen molar-refractivity contribution in [3.05, 3.63) is 87.9 Å². The van der Waals surface area contributed by atoms with Crippen LogP contribution in [0.25, 0.3) is 5.69 Å². The maximum Gasteiger partial charge on any atom is 0.214 e. The number of halogens is 3. The fourth-order valence-corrected chi connectivity index (χ4v) is 4.29. The van der Waals surface area contributed by atoms with E-state index in [1.54, 1.807) is 35.7 Å². The van der Waals surface area contributed by atoms with Crippen LogP contribution < -0.4 is 14.8 Å². The minimum absolute atomic E-state index is 0. The molecule has 0 aliphatic rings. The molecule has 0 aliphatic heterocycles. The Kier molecular flexibility index (Phi) is 10.5. The van der Waals surface area contributed by atoms with E-state index in [1.165, 1.54) is 0 Å². The second kappa shape index (κ2) is 13.6. The molecular weight excluding hydrogens is 529 g/mol. The van der Waals surface area contributed by atoms with Crippen LogP contribution in [0.2, 0.25) is 10.0 Å². The van der Waals surface area contributed by atoms with E-state index in [0.29, 0.717) is 34.7 Å². The van der Waals surface area contributed by atoms with Gasteiger partial charge in [0.15, 0.2) is 11.5 Å². The number of thioether (sulfide) groups is 1. The fourth-order valence-electron chi connectivity index (χ4n) is 3.18. The van der Waals surface area contributed by atoms with Crippen LogP contribution >= 0.6 is 47.4 Å². The van der Waals surface area contributed by atoms with E-state index < -0.39 is 0 Å². The predicted octanol–water partition coefficient (Wildman–Crippen LogP) is 5.86. The molecule has 1 heterocycles. The van der Waals surface area contributed by atoms with E-state index in [2.05, 4.69) is 20.8 Å². The fraction of sp³-hybridized carbons (Fsp3) is 0.208. The van der Waals surface area contributed by atoms with Crippen LogP contribution in [0.5, 0.6) is 11.5 Å². The molecule has 0 saturated carbocycles. The lowest BCUT2D eigenvalue weighted by atomic mass is 10.2. The zero-order chi connectivity index (χ0) is 23.8. The van der Waals surface area contributed by atoms with Crippen LogP contribution in [0, 0.1) is 0 Å². The maximum atomic E-state index is 6.08. The average molecular weight is 553 g/mol. The highest BCUT2D eigenvalue weighted by molar-refractivity contribution is 7.99. The smallest absolute Gasteiger partial charge is 0.214 e. The van der Waals surface area contributed by atoms with E-state index in [4.69, 9.17) is 32.7 Å². The number of methoxy groups -OCH3 is 1. The summed E-state index contributed by atoms with van der Waals surface area (Å²) in [7, 11) is 1.63. The molecule has 0 aliphatic carbocycles. The van der Waals surface area contributed by atoms with Crippen LogP contribution in [0.1, 0.15) is 11.1 Å². The number of tetrazole rings is 1. The molecule has 1 N–H and O–H groups in total. The summed E-state index contributed by atoms with van der Waals surface area (Å²) in [6, 6.07) is 21.2. The quantitative estimate of drug-likeness (QED) is 0.184. The molecule has 0 spiro atoms. The molecule has 1 aromatic heterocycles. The van der Waals surface area contributed by atoms with Crippen molar-refractivity contribution >= 4 is 47.4 Å². The van der Waals surface area contributed by atoms with Crippen molar-refractivity contribution < 1.29 is 9.47 Å². The van der Waals surface area contributed by atoms with E-state index in [0.717, 1.165) is 34.3 Å². The number of hydrogen-bond donors (Lipinski definition) is 1. The molecule has 184 valence electrons. The number of nitrogens with zero attached hydrogens (tertiary/aromatic N) is 4. The summed E-state index contributed by atoms with van der Waals surface area (Å²) in [5.41, 5.74) is 2.97. The van der Waals surface area contributed by atoms with Crippen molar-refractivity contribution in [2.24, 2.45) is 0 Å². The molecule has 4 aromatic rings. The highest BCUT2D eigenvalue weighted by atomic mass is 35.5. The Morgan fingerprint density at radius 2 is 1.74 bits per heavy atom. The van der Waals surface area contributed by atoms with Crippen molar-refractivity contribution in [2.45, 2.75) is 18.3 Å². The van der Waals surface area contributed by atoms with Crippen molar-refractivity contribution in [3.8, 4) is 17.2 Å². The van der Waals surface area contributed by atoms with Crippen LogP contribution in [0.3, 0.4) is 0 Å². The van der Waals surface area contributed by atoms with Gasteiger partial charge >= 0.3 is 0 Å². The first kappa shape index (κ1) is 27.1. The SMILES string of the molecule is COc1cc(CNCCSc2nnnn2-c2ccccc2)ccc1OCc1ccc(Cl)c(Cl)c1.Cl. The first-order valence-corrected chi connectivity index (χ1v) is 12.3. The second-order valence-corrected chi connectivity index (χ2v) is 9.13. The number of benzene rings is 3. The summed E-state index contributed by atoms with van der Waals surface area (Å²) in [4.78, 5) is 0. The number of ether oxygens (including phenoxy) is 2. The molecule has 0 radical (unpaired) electrons. The normalized spacial score (nSPS) is 10.6. The Morgan fingerprint density at radius 3 is 2.51 bits per heavy atom. The van der Waals surface area contributed by atoms with Gasteiger partial charge in [-0.3, -0.25) is 0 Å². The van der Waals surface area contributed by atoms with Crippen LogP contribution in [0.15, 0.2) is 71.9 Å². The number of aromatic nitrogens is 4. The molecule has 0 amide bonds. The van der Waals surface area contributed by atoms with Gasteiger partial charge in [-0.2, -0.15) is 4.68 Å². The minimum Gasteiger partial charge on any atom is -0.493 e. The number of nitrogens with one attached hydrogen (secondary N) is 1. The summed E-state index contributed by atoms with van der Waals surface area (Å²) in [5.74, 6) is 2.17. The van der Waals surface area contributed by atoms with Crippen LogP contribution in [0.4, 0.5) is 0 Å². The number of rotatable bonds is 11. The number of hydrogen-bond acceptors (Lipinski definition) is 7. The van der Waals surface area contributed by atoms with Gasteiger partial charge in [0.2, 0.25) is 5.16 Å². The molecule has 7 nitrogen and oxygen atoms in total. The molecule has 0 fully saturated rings. The van der Waals surface area contributed by atoms with Crippen LogP contribution in [-0.2, 0) is 13.2 Å². The summed E-state index contributed by atoms with van der Waals surface area (Å²) in [6.07, 6.45) is 0. The van der Waals surface area contributed by atoms with Gasteiger partial charge in [-0.05, 0) is 58.0 Å². The zero-order valence-corrected chi connectivity index (χ0v) is 22.0. The van der Waals surface area contributed by atoms with Gasteiger partial charge in [0.25, 0.3) is 0 Å². The standard InChI is InChI=1S/C24H23Cl2N5O2S.ClH/c1-32-23-14-17(8-10-22(23)33-16-18-7-9-20(25)21(26)13-18)15-27-11-12-34-24-28-29-30-31(24)19-5-3-2-4-6-19;/h2-10,13-14,27H,11-12,15-16H2,1H3;1H. The van der Waals surface area contributed by atoms with Crippen LogP contribution in [-0.4, -0.2) is 39.6 Å². The summed E-state index contributed by atoms with van der Waals surface area (Å²) in [5, 5.41) is 17.2. The van der Waals surface area contributed by atoms with Gasteiger partial charge in [0.05, 0.1) is 22.8 Å². The average Bonchev–Trinajstić information content (AvgIpc) is 3.34. The van der Waals surface area contributed by atoms with Crippen molar-refractivity contribution in [1.82, 2.24) is 25.5 Å². The third kappa shape index (κ3) is 7.49. The molecule has 4 rings (SSSR count). The van der Waals surface area contributed by atoms with E-state index in [9.17, 15) is 0 Å². The third-order valence-corrected chi connectivity index (χ3v) is 6.55. The van der Waals surface area contributed by atoms with Gasteiger partial charge < -0.3 is 14.8 Å². The lowest BCUT2D eigenvalue weighted by Crippen LogP contribution is -2.17. The summed E-state index contributed by atoms with van der Waals surface area (Å²) >= 11 is 13.7. The van der Waals surface area contributed by atoms with Gasteiger partial charge in [-0.25, -0.2) is 0 Å². The molecule has 0 bridgehead atoms. The molecule has 0 unspecified atom stereocenters. The topological polar surface area (TPSA) is 74.1 Å². The van der Waals surface area contributed by atoms with Crippen molar-refractivity contribution in [1.29, 1.82) is 0 Å². The number of para-hydroxylation sites is 1. The largest absolute Gasteiger partial charge is 0.493 e. The van der Waals surface area contributed by atoms with Gasteiger partial charge in [0, 0.05) is 18.8 Å².